The number of aliphatic hydroxyl groups is 1. The lowest BCUT2D eigenvalue weighted by Gasteiger charge is -2.45. The molecule has 2 saturated heterocycles. The number of morpholine rings is 1. The summed E-state index contributed by atoms with van der Waals surface area (Å²) in [6.07, 6.45) is 0.478. The number of carbonyl (C=O) groups is 1. The zero-order chi connectivity index (χ0) is 14.8. The fourth-order valence-corrected chi connectivity index (χ4v) is 2.94. The van der Waals surface area contributed by atoms with Crippen LogP contribution in [-0.2, 0) is 14.3 Å². The Balaban J connectivity index is 2.16. The minimum Gasteiger partial charge on any atom is -0.394 e. The van der Waals surface area contributed by atoms with Crippen LogP contribution in [0.25, 0.3) is 0 Å². The van der Waals surface area contributed by atoms with E-state index in [9.17, 15) is 15.2 Å². The number of nitrogens with zero attached hydrogens (tertiary/aromatic N) is 2. The van der Waals surface area contributed by atoms with Crippen LogP contribution in [0.5, 0.6) is 0 Å². The largest absolute Gasteiger partial charge is 0.394 e. The highest BCUT2D eigenvalue weighted by Crippen LogP contribution is 2.34. The molecule has 20 heavy (non-hydrogen) atoms. The van der Waals surface area contributed by atoms with Crippen LogP contribution in [-0.4, -0.2) is 60.5 Å². The lowest BCUT2D eigenvalue weighted by molar-refractivity contribution is -0.174. The first-order valence-corrected chi connectivity index (χ1v) is 6.99. The van der Waals surface area contributed by atoms with E-state index in [2.05, 4.69) is 6.07 Å². The minimum atomic E-state index is -0.980. The van der Waals surface area contributed by atoms with Gasteiger partial charge in [-0.2, -0.15) is 5.26 Å². The molecule has 1 N–H and O–H groups in total. The Morgan fingerprint density at radius 3 is 2.65 bits per heavy atom. The van der Waals surface area contributed by atoms with Crippen molar-refractivity contribution in [3.05, 3.63) is 0 Å². The van der Waals surface area contributed by atoms with Crippen molar-refractivity contribution in [3.63, 3.8) is 0 Å². The average Bonchev–Trinajstić information content (AvgIpc) is 2.45. The average molecular weight is 282 g/mol. The van der Waals surface area contributed by atoms with Crippen molar-refractivity contribution in [1.29, 1.82) is 5.26 Å². The molecule has 0 radical (unpaired) electrons. The maximum Gasteiger partial charge on any atom is 0.243 e. The molecule has 2 rings (SSSR count). The molecule has 0 aromatic heterocycles. The Morgan fingerprint density at radius 1 is 1.45 bits per heavy atom. The summed E-state index contributed by atoms with van der Waals surface area (Å²) >= 11 is 0. The molecule has 2 aliphatic rings. The summed E-state index contributed by atoms with van der Waals surface area (Å²) in [5.74, 6) is -0.155. The van der Waals surface area contributed by atoms with Crippen molar-refractivity contribution >= 4 is 5.91 Å². The predicted molar refractivity (Wildman–Crippen MR) is 70.7 cm³/mol. The number of aliphatic hydroxyl groups excluding tert-OH is 1. The van der Waals surface area contributed by atoms with Crippen LogP contribution in [0.15, 0.2) is 0 Å². The van der Waals surface area contributed by atoms with Crippen molar-refractivity contribution < 1.29 is 19.4 Å². The van der Waals surface area contributed by atoms with E-state index in [0.29, 0.717) is 39.1 Å². The van der Waals surface area contributed by atoms with Crippen LogP contribution in [0, 0.1) is 16.7 Å². The number of nitriles is 1. The molecule has 0 aliphatic carbocycles. The third-order valence-electron chi connectivity index (χ3n) is 3.94. The molecule has 0 aromatic carbocycles. The van der Waals surface area contributed by atoms with Crippen LogP contribution in [0.3, 0.4) is 0 Å². The summed E-state index contributed by atoms with van der Waals surface area (Å²) in [7, 11) is 0. The van der Waals surface area contributed by atoms with Gasteiger partial charge >= 0.3 is 0 Å². The van der Waals surface area contributed by atoms with Crippen molar-refractivity contribution in [2.45, 2.75) is 38.4 Å². The summed E-state index contributed by atoms with van der Waals surface area (Å²) in [5, 5.41) is 18.8. The molecular formula is C14H22N2O4. The van der Waals surface area contributed by atoms with Gasteiger partial charge in [0.05, 0.1) is 24.4 Å². The number of hydrogen-bond acceptors (Lipinski definition) is 5. The Bertz CT molecular complexity index is 410. The normalized spacial score (nSPS) is 28.7. The van der Waals surface area contributed by atoms with Gasteiger partial charge in [-0.3, -0.25) is 4.79 Å². The van der Waals surface area contributed by atoms with Crippen molar-refractivity contribution in [1.82, 2.24) is 4.90 Å². The van der Waals surface area contributed by atoms with Crippen molar-refractivity contribution in [3.8, 4) is 6.07 Å². The molecular weight excluding hydrogens is 260 g/mol. The van der Waals surface area contributed by atoms with Gasteiger partial charge in [0.2, 0.25) is 5.91 Å². The molecule has 0 bridgehead atoms. The smallest absolute Gasteiger partial charge is 0.243 e. The molecule has 1 atom stereocenters. The molecule has 112 valence electrons. The van der Waals surface area contributed by atoms with E-state index in [1.54, 1.807) is 4.90 Å². The zero-order valence-electron chi connectivity index (χ0n) is 12.1. The SMILES string of the molecule is CC1(C)CN(C(=O)C2(C#N)CCOCC2)CC(CO)O1. The first-order chi connectivity index (χ1) is 9.42. The van der Waals surface area contributed by atoms with E-state index in [4.69, 9.17) is 9.47 Å². The highest BCUT2D eigenvalue weighted by molar-refractivity contribution is 5.85. The van der Waals surface area contributed by atoms with Gasteiger partial charge in [0.15, 0.2) is 0 Å². The van der Waals surface area contributed by atoms with Crippen LogP contribution in [0.4, 0.5) is 0 Å². The molecule has 2 fully saturated rings. The van der Waals surface area contributed by atoms with Gasteiger partial charge in [0.1, 0.15) is 5.41 Å². The maximum absolute atomic E-state index is 12.8. The number of hydrogen-bond donors (Lipinski definition) is 1. The molecule has 0 aromatic rings. The van der Waals surface area contributed by atoms with Gasteiger partial charge in [0, 0.05) is 26.3 Å². The summed E-state index contributed by atoms with van der Waals surface area (Å²) in [6.45, 7) is 5.30. The second-order valence-electron chi connectivity index (χ2n) is 6.17. The van der Waals surface area contributed by atoms with Gasteiger partial charge in [-0.25, -0.2) is 0 Å². The Labute approximate surface area is 119 Å². The van der Waals surface area contributed by atoms with Crippen LogP contribution < -0.4 is 0 Å². The van der Waals surface area contributed by atoms with Gasteiger partial charge in [0.25, 0.3) is 0 Å². The molecule has 6 heteroatoms. The standard InChI is InChI=1S/C14H22N2O4/c1-13(2)10-16(7-11(8-17)20-13)12(18)14(9-15)3-5-19-6-4-14/h11,17H,3-8,10H2,1-2H3. The number of rotatable bonds is 2. The number of amides is 1. The highest BCUT2D eigenvalue weighted by atomic mass is 16.5. The van der Waals surface area contributed by atoms with Crippen LogP contribution in [0.2, 0.25) is 0 Å². The first kappa shape index (κ1) is 15.2. The number of ether oxygens (including phenoxy) is 2. The fourth-order valence-electron chi connectivity index (χ4n) is 2.94. The Hall–Kier alpha value is -1.16. The van der Waals surface area contributed by atoms with Crippen LogP contribution in [0.1, 0.15) is 26.7 Å². The van der Waals surface area contributed by atoms with Crippen molar-refractivity contribution in [2.75, 3.05) is 32.9 Å². The second-order valence-corrected chi connectivity index (χ2v) is 6.17. The molecule has 1 amide bonds. The summed E-state index contributed by atoms with van der Waals surface area (Å²) < 4.78 is 11.0. The third-order valence-corrected chi connectivity index (χ3v) is 3.94. The van der Waals surface area contributed by atoms with E-state index >= 15 is 0 Å². The van der Waals surface area contributed by atoms with Crippen LogP contribution >= 0.6 is 0 Å². The quantitative estimate of drug-likeness (QED) is 0.788. The lowest BCUT2D eigenvalue weighted by Crippen LogP contribution is -2.59. The highest BCUT2D eigenvalue weighted by Gasteiger charge is 2.46. The molecule has 0 saturated carbocycles. The Morgan fingerprint density at radius 2 is 2.10 bits per heavy atom. The molecule has 2 heterocycles. The van der Waals surface area contributed by atoms with E-state index in [-0.39, 0.29) is 12.5 Å². The van der Waals surface area contributed by atoms with E-state index in [1.807, 2.05) is 13.8 Å². The zero-order valence-corrected chi connectivity index (χ0v) is 12.1. The minimum absolute atomic E-state index is 0.129. The van der Waals surface area contributed by atoms with Gasteiger partial charge in [-0.15, -0.1) is 0 Å². The Kier molecular flexibility index (Phi) is 4.33. The second kappa shape index (κ2) is 5.68. The fraction of sp³-hybridized carbons (Fsp3) is 0.857. The topological polar surface area (TPSA) is 82.8 Å². The lowest BCUT2D eigenvalue weighted by atomic mass is 9.80. The molecule has 2 aliphatic heterocycles. The molecule has 1 unspecified atom stereocenters. The van der Waals surface area contributed by atoms with Gasteiger partial charge in [-0.1, -0.05) is 0 Å². The third kappa shape index (κ3) is 2.95. The number of carbonyl (C=O) groups excluding carboxylic acids is 1. The maximum atomic E-state index is 12.8. The van der Waals surface area contributed by atoms with Gasteiger partial charge in [-0.05, 0) is 26.7 Å². The van der Waals surface area contributed by atoms with E-state index in [1.165, 1.54) is 0 Å². The molecule has 6 nitrogen and oxygen atoms in total. The predicted octanol–water partition coefficient (Wildman–Crippen LogP) is 0.305. The summed E-state index contributed by atoms with van der Waals surface area (Å²) in [6, 6.07) is 2.20. The summed E-state index contributed by atoms with van der Waals surface area (Å²) in [4.78, 5) is 14.4. The summed E-state index contributed by atoms with van der Waals surface area (Å²) in [5.41, 5.74) is -1.49. The van der Waals surface area contributed by atoms with E-state index < -0.39 is 17.1 Å². The first-order valence-electron chi connectivity index (χ1n) is 6.99. The van der Waals surface area contributed by atoms with Gasteiger partial charge < -0.3 is 19.5 Å². The van der Waals surface area contributed by atoms with Crippen molar-refractivity contribution in [2.24, 2.45) is 5.41 Å². The molecule has 0 spiro atoms. The monoisotopic (exact) mass is 282 g/mol. The van der Waals surface area contributed by atoms with E-state index in [0.717, 1.165) is 0 Å².